The van der Waals surface area contributed by atoms with Crippen molar-refractivity contribution in [3.05, 3.63) is 138 Å². The monoisotopic (exact) mass is 630 g/mol. The average molecular weight is 631 g/mol. The van der Waals surface area contributed by atoms with Crippen molar-refractivity contribution in [1.29, 1.82) is 0 Å². The molecule has 2 heterocycles. The minimum Gasteiger partial charge on any atom is -0.400 e. The average Bonchev–Trinajstić information content (AvgIpc) is 3.49. The number of rotatable bonds is 6. The Kier molecular flexibility index (Phi) is 7.33. The van der Waals surface area contributed by atoms with E-state index in [1.165, 1.54) is 22.5 Å². The highest BCUT2D eigenvalue weighted by Crippen LogP contribution is 2.50. The van der Waals surface area contributed by atoms with Gasteiger partial charge in [0.25, 0.3) is 8.32 Å². The molecule has 5 aromatic rings. The molecule has 4 aromatic carbocycles. The predicted molar refractivity (Wildman–Crippen MR) is 185 cm³/mol. The molecule has 7 rings (SSSR count). The summed E-state index contributed by atoms with van der Waals surface area (Å²) in [7, 11) is -2.85. The van der Waals surface area contributed by atoms with E-state index in [2.05, 4.69) is 116 Å². The lowest BCUT2D eigenvalue weighted by atomic mass is 9.77. The Balaban J connectivity index is 1.39. The van der Waals surface area contributed by atoms with Crippen LogP contribution < -0.4 is 27.2 Å². The molecule has 3 atom stereocenters. The molecule has 0 amide bonds. The van der Waals surface area contributed by atoms with E-state index in [4.69, 9.17) is 20.9 Å². The summed E-state index contributed by atoms with van der Waals surface area (Å²) in [5.41, 5.74) is 16.5. The molecular formula is C37H39FN6OSi. The number of imidazole rings is 1. The van der Waals surface area contributed by atoms with E-state index in [0.717, 1.165) is 17.5 Å². The standard InChI is InChI=1S/C37H39FN6OSi/c1-36(2,3)46(26-12-6-4-7-13-26,27-14-8-5-9-15-27)45-34-21-19-30(28-16-10-11-17-29(28)34)37(42-23-31(39)35(40)43-37)44-24-41-32-20-18-25(38)22-33(32)44/h4-18,20,22-24,30,34,42H,19,21,39H2,1-3H3,(H2,40,43)/t30-,34-,37?/m1/s1. The van der Waals surface area contributed by atoms with Gasteiger partial charge in [0.1, 0.15) is 11.7 Å². The fourth-order valence-electron chi connectivity index (χ4n) is 7.46. The van der Waals surface area contributed by atoms with Gasteiger partial charge in [-0.1, -0.05) is 106 Å². The SMILES string of the molecule is CC(C)(C)[Si](O[C@@H]1CC[C@@H](C2(n3cnc4ccc(F)cc43)N=C(N)C(N)=CN2)c2ccccc21)(c1ccccc1)c1ccccc1. The van der Waals surface area contributed by atoms with Gasteiger partial charge in [-0.2, -0.15) is 0 Å². The molecule has 0 fully saturated rings. The minimum absolute atomic E-state index is 0.168. The van der Waals surface area contributed by atoms with Crippen LogP contribution in [0.4, 0.5) is 4.39 Å². The Hall–Kier alpha value is -4.73. The van der Waals surface area contributed by atoms with Crippen LogP contribution in [0.15, 0.2) is 126 Å². The Morgan fingerprint density at radius 1 is 0.870 bits per heavy atom. The van der Waals surface area contributed by atoms with Gasteiger partial charge in [-0.3, -0.25) is 4.57 Å². The molecule has 2 aliphatic rings. The molecule has 0 radical (unpaired) electrons. The Bertz CT molecular complexity index is 1910. The number of nitrogens with two attached hydrogens (primary N) is 2. The fourth-order valence-corrected chi connectivity index (χ4v) is 12.1. The smallest absolute Gasteiger partial charge is 0.261 e. The maximum Gasteiger partial charge on any atom is 0.261 e. The van der Waals surface area contributed by atoms with Gasteiger partial charge < -0.3 is 21.2 Å². The van der Waals surface area contributed by atoms with Gasteiger partial charge >= 0.3 is 0 Å². The number of halogens is 1. The molecule has 234 valence electrons. The number of nitrogens with zero attached hydrogens (tertiary/aromatic N) is 3. The van der Waals surface area contributed by atoms with Gasteiger partial charge in [0.2, 0.25) is 5.79 Å². The van der Waals surface area contributed by atoms with Crippen LogP contribution in [-0.4, -0.2) is 23.7 Å². The lowest BCUT2D eigenvalue weighted by Gasteiger charge is -2.48. The van der Waals surface area contributed by atoms with E-state index < -0.39 is 14.1 Å². The molecule has 9 heteroatoms. The predicted octanol–water partition coefficient (Wildman–Crippen LogP) is 5.74. The van der Waals surface area contributed by atoms with Crippen LogP contribution in [0.2, 0.25) is 5.04 Å². The summed E-state index contributed by atoms with van der Waals surface area (Å²) in [6.07, 6.45) is 4.69. The van der Waals surface area contributed by atoms with Crippen LogP contribution in [0.3, 0.4) is 0 Å². The topological polar surface area (TPSA) is 103 Å². The zero-order valence-corrected chi connectivity index (χ0v) is 27.3. The van der Waals surface area contributed by atoms with Crippen molar-refractivity contribution in [3.8, 4) is 0 Å². The van der Waals surface area contributed by atoms with Crippen LogP contribution in [0.1, 0.15) is 56.8 Å². The second-order valence-corrected chi connectivity index (χ2v) is 17.5. The Morgan fingerprint density at radius 2 is 1.50 bits per heavy atom. The summed E-state index contributed by atoms with van der Waals surface area (Å²) < 4.78 is 24.2. The molecule has 5 N–H and O–H groups in total. The van der Waals surface area contributed by atoms with Crippen LogP contribution in [-0.2, 0) is 10.2 Å². The van der Waals surface area contributed by atoms with Gasteiger partial charge in [-0.25, -0.2) is 14.4 Å². The van der Waals surface area contributed by atoms with E-state index in [-0.39, 0.29) is 28.7 Å². The number of amidine groups is 1. The summed E-state index contributed by atoms with van der Waals surface area (Å²) >= 11 is 0. The molecular weight excluding hydrogens is 592 g/mol. The van der Waals surface area contributed by atoms with E-state index in [9.17, 15) is 4.39 Å². The summed E-state index contributed by atoms with van der Waals surface area (Å²) in [4.78, 5) is 9.64. The van der Waals surface area contributed by atoms with Crippen molar-refractivity contribution in [2.45, 2.75) is 56.5 Å². The van der Waals surface area contributed by atoms with Gasteiger partial charge in [0.15, 0.2) is 0 Å². The first-order valence-electron chi connectivity index (χ1n) is 15.7. The minimum atomic E-state index is -2.85. The van der Waals surface area contributed by atoms with Crippen molar-refractivity contribution in [2.24, 2.45) is 16.5 Å². The van der Waals surface area contributed by atoms with Crippen molar-refractivity contribution < 1.29 is 8.82 Å². The zero-order chi connectivity index (χ0) is 32.1. The second kappa shape index (κ2) is 11.3. The maximum atomic E-state index is 14.6. The molecule has 0 bridgehead atoms. The highest BCUT2D eigenvalue weighted by molar-refractivity contribution is 6.99. The molecule has 1 aliphatic heterocycles. The van der Waals surface area contributed by atoms with Crippen LogP contribution in [0.5, 0.6) is 0 Å². The fraction of sp³-hybridized carbons (Fsp3) is 0.243. The zero-order valence-electron chi connectivity index (χ0n) is 26.3. The molecule has 7 nitrogen and oxygen atoms in total. The number of hydrogen-bond acceptors (Lipinski definition) is 6. The number of fused-ring (bicyclic) bond motifs is 2. The summed E-state index contributed by atoms with van der Waals surface area (Å²) in [5, 5.41) is 5.80. The lowest BCUT2D eigenvalue weighted by Crippen LogP contribution is -2.67. The quantitative estimate of drug-likeness (QED) is 0.208. The van der Waals surface area contributed by atoms with Gasteiger partial charge in [-0.15, -0.1) is 0 Å². The Morgan fingerprint density at radius 3 is 2.13 bits per heavy atom. The first-order chi connectivity index (χ1) is 22.1. The summed E-state index contributed by atoms with van der Waals surface area (Å²) in [5.74, 6) is -1.46. The third kappa shape index (κ3) is 4.73. The molecule has 1 unspecified atom stereocenters. The molecule has 1 aliphatic carbocycles. The van der Waals surface area contributed by atoms with Gasteiger partial charge in [0, 0.05) is 12.1 Å². The molecule has 1 aromatic heterocycles. The number of benzene rings is 4. The largest absolute Gasteiger partial charge is 0.400 e. The first kappa shape index (κ1) is 29.9. The van der Waals surface area contributed by atoms with Crippen molar-refractivity contribution in [2.75, 3.05) is 0 Å². The van der Waals surface area contributed by atoms with E-state index in [0.29, 0.717) is 23.2 Å². The number of hydrogen-bond donors (Lipinski definition) is 3. The van der Waals surface area contributed by atoms with Gasteiger partial charge in [0.05, 0.1) is 29.2 Å². The van der Waals surface area contributed by atoms with Crippen molar-refractivity contribution >= 4 is 35.6 Å². The highest BCUT2D eigenvalue weighted by Gasteiger charge is 2.53. The van der Waals surface area contributed by atoms with Crippen molar-refractivity contribution in [1.82, 2.24) is 14.9 Å². The van der Waals surface area contributed by atoms with E-state index in [1.54, 1.807) is 18.6 Å². The Labute approximate surface area is 270 Å². The number of aromatic nitrogens is 2. The summed E-state index contributed by atoms with van der Waals surface area (Å²) in [6.45, 7) is 6.90. The normalized spacial score (nSPS) is 21.7. The molecule has 0 saturated heterocycles. The lowest BCUT2D eigenvalue weighted by molar-refractivity contribution is 0.125. The first-order valence-corrected chi connectivity index (χ1v) is 17.6. The maximum absolute atomic E-state index is 14.6. The van der Waals surface area contributed by atoms with Crippen molar-refractivity contribution in [3.63, 3.8) is 0 Å². The third-order valence-electron chi connectivity index (χ3n) is 9.56. The number of aliphatic imine (C=N–C) groups is 1. The summed E-state index contributed by atoms with van der Waals surface area (Å²) in [6, 6.07) is 34.5. The second-order valence-electron chi connectivity index (χ2n) is 13.2. The number of nitrogens with one attached hydrogen (secondary N) is 1. The third-order valence-corrected chi connectivity index (χ3v) is 14.6. The van der Waals surface area contributed by atoms with E-state index >= 15 is 0 Å². The molecule has 0 saturated carbocycles. The highest BCUT2D eigenvalue weighted by atomic mass is 28.4. The van der Waals surface area contributed by atoms with Gasteiger partial charge in [-0.05, 0) is 57.6 Å². The van der Waals surface area contributed by atoms with Crippen LogP contribution in [0.25, 0.3) is 11.0 Å². The molecule has 0 spiro atoms. The van der Waals surface area contributed by atoms with Crippen LogP contribution >= 0.6 is 0 Å². The van der Waals surface area contributed by atoms with Crippen LogP contribution in [0, 0.1) is 5.82 Å². The van der Waals surface area contributed by atoms with E-state index in [1.807, 2.05) is 4.57 Å². The molecule has 46 heavy (non-hydrogen) atoms.